The number of rotatable bonds is 3. The molecule has 1 saturated heterocycles. The van der Waals surface area contributed by atoms with Gasteiger partial charge in [0.25, 0.3) is 0 Å². The molecule has 0 radical (unpaired) electrons. The van der Waals surface area contributed by atoms with Gasteiger partial charge in [-0.3, -0.25) is 0 Å². The summed E-state index contributed by atoms with van der Waals surface area (Å²) in [5.41, 5.74) is 0.821. The van der Waals surface area contributed by atoms with Gasteiger partial charge in [-0.05, 0) is 24.7 Å². The van der Waals surface area contributed by atoms with E-state index >= 15 is 0 Å². The van der Waals surface area contributed by atoms with Crippen molar-refractivity contribution in [2.45, 2.75) is 35.6 Å². The van der Waals surface area contributed by atoms with Crippen molar-refractivity contribution in [3.63, 3.8) is 0 Å². The third-order valence-corrected chi connectivity index (χ3v) is 7.05. The second-order valence-corrected chi connectivity index (χ2v) is 7.89. The zero-order chi connectivity index (χ0) is 14.0. The summed E-state index contributed by atoms with van der Waals surface area (Å²) in [4.78, 5) is 0. The highest BCUT2D eigenvalue weighted by Crippen LogP contribution is 2.41. The van der Waals surface area contributed by atoms with Crippen LogP contribution in [-0.4, -0.2) is 28.6 Å². The van der Waals surface area contributed by atoms with Crippen LogP contribution >= 0.6 is 23.5 Å². The Labute approximate surface area is 121 Å². The van der Waals surface area contributed by atoms with Gasteiger partial charge in [0.05, 0.1) is 0 Å². The van der Waals surface area contributed by atoms with Gasteiger partial charge >= 0.3 is 0 Å². The molecular formula is C14H19F2NS2. The van der Waals surface area contributed by atoms with Crippen LogP contribution in [0.25, 0.3) is 0 Å². The molecule has 1 aliphatic rings. The van der Waals surface area contributed by atoms with Crippen LogP contribution in [-0.2, 0) is 0 Å². The van der Waals surface area contributed by atoms with E-state index in [1.165, 1.54) is 12.1 Å². The maximum atomic E-state index is 13.4. The van der Waals surface area contributed by atoms with E-state index in [-0.39, 0.29) is 6.04 Å². The average molecular weight is 303 g/mol. The molecule has 1 fully saturated rings. The molecule has 0 saturated carbocycles. The summed E-state index contributed by atoms with van der Waals surface area (Å²) < 4.78 is 26.4. The number of thioether (sulfide) groups is 2. The molecule has 0 amide bonds. The Morgan fingerprint density at radius 3 is 2.53 bits per heavy atom. The monoisotopic (exact) mass is 303 g/mol. The molecular weight excluding hydrogens is 284 g/mol. The fourth-order valence-electron chi connectivity index (χ4n) is 2.26. The standard InChI is InChI=1S/C14H19F2NS2/c1-8-9(2)19-13(7-18-8)14(17-3)10-4-5-11(15)12(16)6-10/h4-6,8-9,13-14,17H,7H2,1-3H3. The van der Waals surface area contributed by atoms with Crippen LogP contribution < -0.4 is 5.32 Å². The Kier molecular flexibility index (Phi) is 5.15. The van der Waals surface area contributed by atoms with Crippen molar-refractivity contribution in [2.75, 3.05) is 12.8 Å². The Balaban J connectivity index is 2.17. The highest BCUT2D eigenvalue weighted by atomic mass is 32.2. The fourth-order valence-corrected chi connectivity index (χ4v) is 5.41. The minimum Gasteiger partial charge on any atom is -0.312 e. The lowest BCUT2D eigenvalue weighted by Gasteiger charge is -2.36. The van der Waals surface area contributed by atoms with E-state index in [0.29, 0.717) is 15.7 Å². The summed E-state index contributed by atoms with van der Waals surface area (Å²) in [5, 5.41) is 4.84. The minimum absolute atomic E-state index is 0.0579. The predicted molar refractivity (Wildman–Crippen MR) is 80.9 cm³/mol. The first-order valence-corrected chi connectivity index (χ1v) is 8.41. The van der Waals surface area contributed by atoms with Crippen LogP contribution in [0.4, 0.5) is 8.78 Å². The quantitative estimate of drug-likeness (QED) is 0.911. The van der Waals surface area contributed by atoms with Crippen molar-refractivity contribution in [2.24, 2.45) is 0 Å². The molecule has 19 heavy (non-hydrogen) atoms. The van der Waals surface area contributed by atoms with E-state index in [4.69, 9.17) is 0 Å². The third kappa shape index (κ3) is 3.44. The van der Waals surface area contributed by atoms with Crippen LogP contribution in [0.5, 0.6) is 0 Å². The molecule has 1 aliphatic heterocycles. The molecule has 1 N–H and O–H groups in total. The third-order valence-electron chi connectivity index (χ3n) is 3.56. The van der Waals surface area contributed by atoms with Crippen molar-refractivity contribution >= 4 is 23.5 Å². The van der Waals surface area contributed by atoms with Gasteiger partial charge in [-0.2, -0.15) is 23.5 Å². The molecule has 106 valence electrons. The fraction of sp³-hybridized carbons (Fsp3) is 0.571. The molecule has 0 aromatic heterocycles. The number of hydrogen-bond acceptors (Lipinski definition) is 3. The molecule has 4 unspecified atom stereocenters. The second-order valence-electron chi connectivity index (χ2n) is 4.86. The lowest BCUT2D eigenvalue weighted by atomic mass is 10.0. The Hall–Kier alpha value is -0.260. The van der Waals surface area contributed by atoms with Crippen LogP contribution in [0.3, 0.4) is 0 Å². The molecule has 5 heteroatoms. The zero-order valence-corrected chi connectivity index (χ0v) is 13.0. The summed E-state index contributed by atoms with van der Waals surface area (Å²) in [5.74, 6) is -0.528. The van der Waals surface area contributed by atoms with Crippen LogP contribution in [0.1, 0.15) is 25.5 Å². The molecule has 1 aromatic carbocycles. The summed E-state index contributed by atoms with van der Waals surface area (Å²) in [6.07, 6.45) is 0. The van der Waals surface area contributed by atoms with Gasteiger partial charge in [-0.25, -0.2) is 8.78 Å². The zero-order valence-electron chi connectivity index (χ0n) is 11.3. The second kappa shape index (κ2) is 6.46. The summed E-state index contributed by atoms with van der Waals surface area (Å²) >= 11 is 3.88. The topological polar surface area (TPSA) is 12.0 Å². The van der Waals surface area contributed by atoms with E-state index in [0.717, 1.165) is 11.3 Å². The van der Waals surface area contributed by atoms with E-state index in [1.54, 1.807) is 6.07 Å². The lowest BCUT2D eigenvalue weighted by Crippen LogP contribution is -2.35. The molecule has 2 rings (SSSR count). The van der Waals surface area contributed by atoms with Crippen LogP contribution in [0.2, 0.25) is 0 Å². The van der Waals surface area contributed by atoms with Gasteiger partial charge in [0, 0.05) is 27.5 Å². The van der Waals surface area contributed by atoms with Gasteiger partial charge in [-0.15, -0.1) is 0 Å². The van der Waals surface area contributed by atoms with Gasteiger partial charge in [0.15, 0.2) is 11.6 Å². The molecule has 0 aliphatic carbocycles. The number of hydrogen-bond donors (Lipinski definition) is 1. The number of nitrogens with one attached hydrogen (secondary N) is 1. The van der Waals surface area contributed by atoms with E-state index in [2.05, 4.69) is 19.2 Å². The largest absolute Gasteiger partial charge is 0.312 e. The van der Waals surface area contributed by atoms with Crippen molar-refractivity contribution in [1.29, 1.82) is 0 Å². The Morgan fingerprint density at radius 1 is 1.21 bits per heavy atom. The van der Waals surface area contributed by atoms with E-state index in [1.807, 2.05) is 30.6 Å². The maximum Gasteiger partial charge on any atom is 0.159 e. The van der Waals surface area contributed by atoms with Gasteiger partial charge in [-0.1, -0.05) is 19.9 Å². The summed E-state index contributed by atoms with van der Waals surface area (Å²) in [6.45, 7) is 4.47. The summed E-state index contributed by atoms with van der Waals surface area (Å²) in [6, 6.07) is 4.25. The highest BCUT2D eigenvalue weighted by molar-refractivity contribution is 8.07. The Bertz CT molecular complexity index is 441. The highest BCUT2D eigenvalue weighted by Gasteiger charge is 2.31. The number of halogens is 2. The van der Waals surface area contributed by atoms with Gasteiger partial charge < -0.3 is 5.32 Å². The molecule has 1 aromatic rings. The number of benzene rings is 1. The van der Waals surface area contributed by atoms with Gasteiger partial charge in [0.2, 0.25) is 0 Å². The van der Waals surface area contributed by atoms with Crippen LogP contribution in [0.15, 0.2) is 18.2 Å². The van der Waals surface area contributed by atoms with Crippen LogP contribution in [0, 0.1) is 11.6 Å². The van der Waals surface area contributed by atoms with Crippen molar-refractivity contribution in [3.8, 4) is 0 Å². The SMILES string of the molecule is CNC(c1ccc(F)c(F)c1)C1CSC(C)C(C)S1. The molecule has 0 spiro atoms. The predicted octanol–water partition coefficient (Wildman–Crippen LogP) is 3.85. The normalized spacial score (nSPS) is 29.2. The maximum absolute atomic E-state index is 13.4. The molecule has 1 nitrogen and oxygen atoms in total. The first kappa shape index (κ1) is 15.1. The molecule has 4 atom stereocenters. The minimum atomic E-state index is -0.786. The first-order chi connectivity index (χ1) is 9.02. The lowest BCUT2D eigenvalue weighted by molar-refractivity contribution is 0.501. The molecule has 1 heterocycles. The van der Waals surface area contributed by atoms with Gasteiger partial charge in [0.1, 0.15) is 0 Å². The summed E-state index contributed by atoms with van der Waals surface area (Å²) in [7, 11) is 1.87. The first-order valence-electron chi connectivity index (χ1n) is 6.42. The van der Waals surface area contributed by atoms with Crippen molar-refractivity contribution < 1.29 is 8.78 Å². The Morgan fingerprint density at radius 2 is 1.95 bits per heavy atom. The smallest absolute Gasteiger partial charge is 0.159 e. The van der Waals surface area contributed by atoms with Crippen molar-refractivity contribution in [3.05, 3.63) is 35.4 Å². The van der Waals surface area contributed by atoms with E-state index in [9.17, 15) is 8.78 Å². The average Bonchev–Trinajstić information content (AvgIpc) is 2.39. The van der Waals surface area contributed by atoms with E-state index < -0.39 is 11.6 Å². The molecule has 0 bridgehead atoms. The van der Waals surface area contributed by atoms with Crippen molar-refractivity contribution in [1.82, 2.24) is 5.32 Å².